The minimum atomic E-state index is -0.331. The number of hydrogen-bond acceptors (Lipinski definition) is 7. The molecule has 188 valence electrons. The van der Waals surface area contributed by atoms with Gasteiger partial charge in [-0.05, 0) is 50.1 Å². The molecule has 3 aromatic heterocycles. The van der Waals surface area contributed by atoms with Crippen LogP contribution in [0.2, 0.25) is 0 Å². The molecule has 0 radical (unpaired) electrons. The molecule has 3 atom stereocenters. The molecule has 1 aromatic carbocycles. The van der Waals surface area contributed by atoms with Crippen molar-refractivity contribution >= 4 is 16.9 Å². The van der Waals surface area contributed by atoms with Crippen molar-refractivity contribution in [3.05, 3.63) is 93.8 Å². The Morgan fingerprint density at radius 3 is 2.54 bits per heavy atom. The molecule has 4 heterocycles. The van der Waals surface area contributed by atoms with E-state index in [-0.39, 0.29) is 23.8 Å². The Balaban J connectivity index is 1.58. The molecule has 0 aliphatic carbocycles. The fourth-order valence-corrected chi connectivity index (χ4v) is 5.33. The molecule has 1 aliphatic rings. The molecule has 1 aliphatic heterocycles. The number of aryl methyl sites for hydroxylation is 2. The van der Waals surface area contributed by atoms with Crippen LogP contribution >= 0.6 is 0 Å². The van der Waals surface area contributed by atoms with Gasteiger partial charge in [0.05, 0.1) is 17.3 Å². The molecular formula is C29H31N7O. The maximum Gasteiger partial charge on any atom is 0.349 e. The van der Waals surface area contributed by atoms with Crippen molar-refractivity contribution < 1.29 is 0 Å². The van der Waals surface area contributed by atoms with Crippen LogP contribution < -0.4 is 10.6 Å². The summed E-state index contributed by atoms with van der Waals surface area (Å²) < 4.78 is 1.49. The first-order valence-electron chi connectivity index (χ1n) is 12.7. The van der Waals surface area contributed by atoms with E-state index in [1.807, 2.05) is 18.3 Å². The molecular weight excluding hydrogens is 462 g/mol. The summed E-state index contributed by atoms with van der Waals surface area (Å²) in [5.74, 6) is 0.547. The third-order valence-electron chi connectivity index (χ3n) is 7.37. The van der Waals surface area contributed by atoms with Crippen molar-refractivity contribution in [3.8, 4) is 6.07 Å². The van der Waals surface area contributed by atoms with Crippen LogP contribution in [0.5, 0.6) is 0 Å². The van der Waals surface area contributed by atoms with Crippen LogP contribution in [-0.2, 0) is 7.05 Å². The smallest absolute Gasteiger partial charge is 0.349 e. The molecule has 1 saturated heterocycles. The van der Waals surface area contributed by atoms with Crippen LogP contribution in [0.4, 0.5) is 5.82 Å². The summed E-state index contributed by atoms with van der Waals surface area (Å²) in [6.45, 7) is 7.88. The fraction of sp³-hybridized carbons (Fsp3) is 0.345. The molecule has 0 bridgehead atoms. The van der Waals surface area contributed by atoms with Crippen LogP contribution in [0.25, 0.3) is 11.0 Å². The van der Waals surface area contributed by atoms with Crippen molar-refractivity contribution in [1.29, 1.82) is 5.26 Å². The zero-order valence-electron chi connectivity index (χ0n) is 21.7. The predicted octanol–water partition coefficient (Wildman–Crippen LogP) is 3.98. The number of anilines is 1. The number of nitriles is 1. The second-order valence-electron chi connectivity index (χ2n) is 9.78. The summed E-state index contributed by atoms with van der Waals surface area (Å²) in [5.41, 5.74) is 4.68. The van der Waals surface area contributed by atoms with Crippen LogP contribution in [-0.4, -0.2) is 49.6 Å². The summed E-state index contributed by atoms with van der Waals surface area (Å²) in [6, 6.07) is 20.6. The zero-order valence-corrected chi connectivity index (χ0v) is 21.7. The molecule has 0 spiro atoms. The third kappa shape index (κ3) is 4.58. The second kappa shape index (κ2) is 10.1. The van der Waals surface area contributed by atoms with Gasteiger partial charge < -0.3 is 4.90 Å². The number of rotatable bonds is 5. The molecule has 37 heavy (non-hydrogen) atoms. The average Bonchev–Trinajstić information content (AvgIpc) is 2.92. The summed E-state index contributed by atoms with van der Waals surface area (Å²) in [6.07, 6.45) is 2.77. The molecule has 8 nitrogen and oxygen atoms in total. The Hall–Kier alpha value is -4.09. The summed E-state index contributed by atoms with van der Waals surface area (Å²) >= 11 is 0. The van der Waals surface area contributed by atoms with E-state index in [1.165, 1.54) is 15.7 Å². The van der Waals surface area contributed by atoms with Crippen molar-refractivity contribution in [1.82, 2.24) is 24.4 Å². The van der Waals surface area contributed by atoms with E-state index in [0.717, 1.165) is 18.7 Å². The van der Waals surface area contributed by atoms with E-state index in [1.54, 1.807) is 19.2 Å². The highest BCUT2D eigenvalue weighted by Gasteiger charge is 2.38. The molecule has 1 fully saturated rings. The summed E-state index contributed by atoms with van der Waals surface area (Å²) in [5, 5.41) is 9.46. The van der Waals surface area contributed by atoms with E-state index >= 15 is 0 Å². The number of nitrogens with zero attached hydrogens (tertiary/aromatic N) is 7. The molecule has 8 heteroatoms. The monoisotopic (exact) mass is 493 g/mol. The van der Waals surface area contributed by atoms with Gasteiger partial charge in [0.15, 0.2) is 5.82 Å². The standard InChI is InChI=1S/C29H31N7O/c1-5-23-18-35(28-26-25(34(4)29(37)33-28)14-13-22(16-30)32-26)20(3)17-36(23)27(24-8-6-7-15-31-24)21-11-9-19(2)10-12-21/h6-15,20,23,27H,5,17-18H2,1-4H3/t20-,23+,27?/m0/s1. The lowest BCUT2D eigenvalue weighted by atomic mass is 9.94. The Labute approximate surface area is 216 Å². The summed E-state index contributed by atoms with van der Waals surface area (Å²) in [7, 11) is 1.68. The Bertz CT molecular complexity index is 1510. The molecule has 4 aromatic rings. The Morgan fingerprint density at radius 1 is 1.08 bits per heavy atom. The highest BCUT2D eigenvalue weighted by atomic mass is 16.1. The Kier molecular flexibility index (Phi) is 6.72. The maximum absolute atomic E-state index is 12.8. The first-order valence-corrected chi connectivity index (χ1v) is 12.7. The van der Waals surface area contributed by atoms with E-state index in [4.69, 9.17) is 4.98 Å². The second-order valence-corrected chi connectivity index (χ2v) is 9.78. The van der Waals surface area contributed by atoms with Crippen LogP contribution in [0.1, 0.15) is 48.8 Å². The topological polar surface area (TPSA) is 90.9 Å². The van der Waals surface area contributed by atoms with Crippen molar-refractivity contribution in [2.24, 2.45) is 7.05 Å². The number of piperazine rings is 1. The van der Waals surface area contributed by atoms with Gasteiger partial charge >= 0.3 is 5.69 Å². The van der Waals surface area contributed by atoms with E-state index in [2.05, 4.69) is 76.9 Å². The average molecular weight is 494 g/mol. The van der Waals surface area contributed by atoms with Gasteiger partial charge in [0.25, 0.3) is 0 Å². The van der Waals surface area contributed by atoms with Gasteiger partial charge in [-0.2, -0.15) is 10.2 Å². The van der Waals surface area contributed by atoms with E-state index in [9.17, 15) is 10.1 Å². The fourth-order valence-electron chi connectivity index (χ4n) is 5.33. The van der Waals surface area contributed by atoms with Crippen molar-refractivity contribution in [2.45, 2.75) is 45.3 Å². The third-order valence-corrected chi connectivity index (χ3v) is 7.37. The molecule has 0 N–H and O–H groups in total. The molecule has 5 rings (SSSR count). The van der Waals surface area contributed by atoms with Gasteiger partial charge in [0, 0.05) is 38.4 Å². The molecule has 1 unspecified atom stereocenters. The largest absolute Gasteiger partial charge is 0.349 e. The minimum absolute atomic E-state index is 0.00742. The predicted molar refractivity (Wildman–Crippen MR) is 144 cm³/mol. The van der Waals surface area contributed by atoms with Crippen LogP contribution in [0.15, 0.2) is 65.6 Å². The zero-order chi connectivity index (χ0) is 26.1. The first-order chi connectivity index (χ1) is 17.9. The number of hydrogen-bond donors (Lipinski definition) is 0. The van der Waals surface area contributed by atoms with Gasteiger partial charge in [-0.3, -0.25) is 14.5 Å². The molecule has 0 saturated carbocycles. The van der Waals surface area contributed by atoms with E-state index < -0.39 is 0 Å². The SMILES string of the molecule is CC[C@@H]1CN(c2nc(=O)n(C)c3ccc(C#N)nc23)[C@@H](C)CN1C(c1ccc(C)cc1)c1ccccn1. The van der Waals surface area contributed by atoms with E-state index in [0.29, 0.717) is 29.1 Å². The lowest BCUT2D eigenvalue weighted by Crippen LogP contribution is -2.58. The number of fused-ring (bicyclic) bond motifs is 1. The minimum Gasteiger partial charge on any atom is -0.349 e. The first kappa shape index (κ1) is 24.6. The highest BCUT2D eigenvalue weighted by Crippen LogP contribution is 2.35. The normalized spacial score (nSPS) is 19.1. The van der Waals surface area contributed by atoms with Gasteiger partial charge in [-0.15, -0.1) is 0 Å². The maximum atomic E-state index is 12.8. The van der Waals surface area contributed by atoms with Gasteiger partial charge in [0.2, 0.25) is 0 Å². The lowest BCUT2D eigenvalue weighted by Gasteiger charge is -2.48. The van der Waals surface area contributed by atoms with Gasteiger partial charge in [-0.1, -0.05) is 42.8 Å². The summed E-state index contributed by atoms with van der Waals surface area (Å²) in [4.78, 5) is 31.3. The highest BCUT2D eigenvalue weighted by molar-refractivity contribution is 5.86. The number of aromatic nitrogens is 4. The Morgan fingerprint density at radius 2 is 1.86 bits per heavy atom. The van der Waals surface area contributed by atoms with Crippen molar-refractivity contribution in [3.63, 3.8) is 0 Å². The number of pyridine rings is 2. The van der Waals surface area contributed by atoms with Crippen molar-refractivity contribution in [2.75, 3.05) is 18.0 Å². The lowest BCUT2D eigenvalue weighted by molar-refractivity contribution is 0.113. The van der Waals surface area contributed by atoms with Crippen LogP contribution in [0.3, 0.4) is 0 Å². The van der Waals surface area contributed by atoms with Gasteiger partial charge in [-0.25, -0.2) is 9.78 Å². The quantitative estimate of drug-likeness (QED) is 0.415. The molecule has 0 amide bonds. The number of benzene rings is 1. The van der Waals surface area contributed by atoms with Crippen LogP contribution in [0, 0.1) is 18.3 Å². The van der Waals surface area contributed by atoms with Gasteiger partial charge in [0.1, 0.15) is 17.3 Å².